The Morgan fingerprint density at radius 1 is 1.15 bits per heavy atom. The highest BCUT2D eigenvalue weighted by Gasteiger charge is 2.18. The lowest BCUT2D eigenvalue weighted by Gasteiger charge is -2.12. The van der Waals surface area contributed by atoms with Crippen LogP contribution in [-0.4, -0.2) is 24.0 Å². The van der Waals surface area contributed by atoms with Gasteiger partial charge in [-0.1, -0.05) is 43.7 Å². The number of non-ortho nitro benzene ring substituents is 1. The zero-order chi connectivity index (χ0) is 24.2. The number of aromatic nitrogens is 4. The molecule has 0 bridgehead atoms. The van der Waals surface area contributed by atoms with Gasteiger partial charge in [-0.2, -0.15) is 0 Å². The standard InChI is InChI=1S/C24H25N5O5/c1-3-4-12-28-22-21(23(30)26-24(28)31)27(2)20(25-22)15-34-19-11-10-18(29(32)33)14-17(19)13-16-8-6-5-7-9-16/h5-11,14H,3-4,12-13,15H2,1-2H3,(H,26,30,31). The first-order valence-corrected chi connectivity index (χ1v) is 11.0. The van der Waals surface area contributed by atoms with E-state index in [9.17, 15) is 19.7 Å². The minimum Gasteiger partial charge on any atom is -0.485 e. The maximum atomic E-state index is 12.5. The predicted molar refractivity (Wildman–Crippen MR) is 127 cm³/mol. The van der Waals surface area contributed by atoms with Gasteiger partial charge in [0.15, 0.2) is 11.2 Å². The van der Waals surface area contributed by atoms with Gasteiger partial charge >= 0.3 is 5.69 Å². The summed E-state index contributed by atoms with van der Waals surface area (Å²) in [7, 11) is 1.69. The Bertz CT molecular complexity index is 1450. The highest BCUT2D eigenvalue weighted by Crippen LogP contribution is 2.27. The fourth-order valence-electron chi connectivity index (χ4n) is 3.86. The number of aryl methyl sites for hydroxylation is 2. The van der Waals surface area contributed by atoms with Crippen LogP contribution in [0.5, 0.6) is 5.75 Å². The summed E-state index contributed by atoms with van der Waals surface area (Å²) >= 11 is 0. The molecule has 2 aromatic heterocycles. The van der Waals surface area contributed by atoms with E-state index in [4.69, 9.17) is 4.74 Å². The molecule has 1 N–H and O–H groups in total. The SMILES string of the molecule is CCCCn1c(=O)[nH]c(=O)c2c1nc(COc1ccc([N+](=O)[O-])cc1Cc1ccccc1)n2C. The molecule has 34 heavy (non-hydrogen) atoms. The summed E-state index contributed by atoms with van der Waals surface area (Å²) in [5.41, 5.74) is 1.25. The number of unbranched alkanes of at least 4 members (excludes halogenated alkanes) is 1. The Morgan fingerprint density at radius 3 is 2.62 bits per heavy atom. The molecular formula is C24H25N5O5. The van der Waals surface area contributed by atoms with E-state index in [1.807, 2.05) is 37.3 Å². The Morgan fingerprint density at radius 2 is 1.91 bits per heavy atom. The molecule has 2 aromatic carbocycles. The van der Waals surface area contributed by atoms with E-state index >= 15 is 0 Å². The van der Waals surface area contributed by atoms with E-state index in [2.05, 4.69) is 9.97 Å². The molecule has 0 radical (unpaired) electrons. The first-order chi connectivity index (χ1) is 16.4. The molecule has 0 amide bonds. The Labute approximate surface area is 194 Å². The van der Waals surface area contributed by atoms with Gasteiger partial charge in [0.1, 0.15) is 18.2 Å². The van der Waals surface area contributed by atoms with Crippen LogP contribution in [0.1, 0.15) is 36.7 Å². The summed E-state index contributed by atoms with van der Waals surface area (Å²) < 4.78 is 9.10. The number of nitro benzene ring substituents is 1. The molecule has 0 atom stereocenters. The smallest absolute Gasteiger partial charge is 0.330 e. The Kier molecular flexibility index (Phi) is 6.58. The van der Waals surface area contributed by atoms with E-state index in [0.717, 1.165) is 18.4 Å². The molecule has 10 nitrogen and oxygen atoms in total. The lowest BCUT2D eigenvalue weighted by Crippen LogP contribution is -2.31. The second kappa shape index (κ2) is 9.74. The monoisotopic (exact) mass is 463 g/mol. The van der Waals surface area contributed by atoms with Gasteiger partial charge in [0.25, 0.3) is 11.2 Å². The number of rotatable bonds is 9. The van der Waals surface area contributed by atoms with Crippen LogP contribution >= 0.6 is 0 Å². The topological polar surface area (TPSA) is 125 Å². The van der Waals surface area contributed by atoms with Crippen molar-refractivity contribution >= 4 is 16.9 Å². The van der Waals surface area contributed by atoms with Gasteiger partial charge in [-0.05, 0) is 18.1 Å². The van der Waals surface area contributed by atoms with E-state index in [1.54, 1.807) is 17.7 Å². The van der Waals surface area contributed by atoms with Crippen LogP contribution in [0.15, 0.2) is 58.1 Å². The summed E-state index contributed by atoms with van der Waals surface area (Å²) in [6, 6.07) is 14.1. The summed E-state index contributed by atoms with van der Waals surface area (Å²) in [4.78, 5) is 42.5. The Balaban J connectivity index is 1.68. The normalized spacial score (nSPS) is 11.1. The van der Waals surface area contributed by atoms with Crippen molar-refractivity contribution < 1.29 is 9.66 Å². The van der Waals surface area contributed by atoms with Crippen molar-refractivity contribution in [1.29, 1.82) is 0 Å². The van der Waals surface area contributed by atoms with Crippen LogP contribution in [0.2, 0.25) is 0 Å². The number of benzene rings is 2. The highest BCUT2D eigenvalue weighted by molar-refractivity contribution is 5.70. The lowest BCUT2D eigenvalue weighted by atomic mass is 10.0. The van der Waals surface area contributed by atoms with E-state index in [-0.39, 0.29) is 12.3 Å². The molecule has 0 saturated carbocycles. The van der Waals surface area contributed by atoms with Gasteiger partial charge in [0.2, 0.25) is 0 Å². The lowest BCUT2D eigenvalue weighted by molar-refractivity contribution is -0.384. The number of nitrogens with one attached hydrogen (secondary N) is 1. The number of hydrogen-bond acceptors (Lipinski definition) is 6. The van der Waals surface area contributed by atoms with Crippen molar-refractivity contribution in [3.8, 4) is 5.75 Å². The second-order valence-corrected chi connectivity index (χ2v) is 8.02. The van der Waals surface area contributed by atoms with Crippen molar-refractivity contribution in [2.75, 3.05) is 0 Å². The maximum Gasteiger partial charge on any atom is 0.330 e. The first kappa shape index (κ1) is 23.0. The quantitative estimate of drug-likeness (QED) is 0.300. The first-order valence-electron chi connectivity index (χ1n) is 11.0. The van der Waals surface area contributed by atoms with Gasteiger partial charge in [0, 0.05) is 37.7 Å². The number of nitrogens with zero attached hydrogens (tertiary/aromatic N) is 4. The number of nitro groups is 1. The molecule has 0 saturated heterocycles. The number of ether oxygens (including phenoxy) is 1. The van der Waals surface area contributed by atoms with Gasteiger partial charge < -0.3 is 9.30 Å². The molecule has 2 heterocycles. The third-order valence-corrected chi connectivity index (χ3v) is 5.69. The molecule has 4 aromatic rings. The molecular weight excluding hydrogens is 438 g/mol. The van der Waals surface area contributed by atoms with Crippen LogP contribution in [0, 0.1) is 10.1 Å². The predicted octanol–water partition coefficient (Wildman–Crippen LogP) is 3.30. The molecule has 0 unspecified atom stereocenters. The largest absolute Gasteiger partial charge is 0.485 e. The van der Waals surface area contributed by atoms with Crippen molar-refractivity contribution in [2.24, 2.45) is 7.05 Å². The van der Waals surface area contributed by atoms with Crippen molar-refractivity contribution in [3.05, 3.63) is 96.4 Å². The van der Waals surface area contributed by atoms with Crippen LogP contribution in [0.3, 0.4) is 0 Å². The van der Waals surface area contributed by atoms with Gasteiger partial charge in [-0.3, -0.25) is 24.5 Å². The number of imidazole rings is 1. The average molecular weight is 463 g/mol. The number of aromatic amines is 1. The molecule has 10 heteroatoms. The van der Waals surface area contributed by atoms with Crippen LogP contribution in [0.25, 0.3) is 11.2 Å². The fraction of sp³-hybridized carbons (Fsp3) is 0.292. The number of H-pyrrole nitrogens is 1. The minimum atomic E-state index is -0.505. The van der Waals surface area contributed by atoms with Gasteiger partial charge in [-0.15, -0.1) is 0 Å². The summed E-state index contributed by atoms with van der Waals surface area (Å²) in [6.07, 6.45) is 2.12. The molecule has 0 aliphatic heterocycles. The third-order valence-electron chi connectivity index (χ3n) is 5.69. The fourth-order valence-corrected chi connectivity index (χ4v) is 3.86. The van der Waals surface area contributed by atoms with Crippen molar-refractivity contribution in [3.63, 3.8) is 0 Å². The number of hydrogen-bond donors (Lipinski definition) is 1. The van der Waals surface area contributed by atoms with Crippen LogP contribution in [-0.2, 0) is 26.6 Å². The Hall–Kier alpha value is -4.21. The highest BCUT2D eigenvalue weighted by atomic mass is 16.6. The van der Waals surface area contributed by atoms with Crippen LogP contribution < -0.4 is 16.0 Å². The van der Waals surface area contributed by atoms with Crippen LogP contribution in [0.4, 0.5) is 5.69 Å². The van der Waals surface area contributed by atoms with E-state index in [0.29, 0.717) is 41.3 Å². The van der Waals surface area contributed by atoms with Crippen molar-refractivity contribution in [2.45, 2.75) is 39.3 Å². The zero-order valence-electron chi connectivity index (χ0n) is 19.0. The maximum absolute atomic E-state index is 12.5. The van der Waals surface area contributed by atoms with E-state index < -0.39 is 16.2 Å². The molecule has 0 aliphatic carbocycles. The molecule has 0 aliphatic rings. The summed E-state index contributed by atoms with van der Waals surface area (Å²) in [5.74, 6) is 0.944. The van der Waals surface area contributed by atoms with Crippen molar-refractivity contribution in [1.82, 2.24) is 19.1 Å². The summed E-state index contributed by atoms with van der Waals surface area (Å²) in [6.45, 7) is 2.48. The van der Waals surface area contributed by atoms with E-state index in [1.165, 1.54) is 16.7 Å². The molecule has 0 fully saturated rings. The zero-order valence-corrected chi connectivity index (χ0v) is 19.0. The van der Waals surface area contributed by atoms with Gasteiger partial charge in [0.05, 0.1) is 4.92 Å². The minimum absolute atomic E-state index is 0.0200. The molecule has 4 rings (SSSR count). The summed E-state index contributed by atoms with van der Waals surface area (Å²) in [5, 5.41) is 11.3. The molecule has 0 spiro atoms. The van der Waals surface area contributed by atoms with Gasteiger partial charge in [-0.25, -0.2) is 9.78 Å². The second-order valence-electron chi connectivity index (χ2n) is 8.02. The third kappa shape index (κ3) is 4.61. The molecule has 176 valence electrons. The average Bonchev–Trinajstić information content (AvgIpc) is 3.15. The number of fused-ring (bicyclic) bond motifs is 1.